The standard InChI is InChI=1S/C12H16O3/c1-14-11-5-6-12(15-2)10-7-8(13)3-4-9(10)11/h3-4,11-12H,5-7H2,1-2H3. The molecule has 0 bridgehead atoms. The molecular weight excluding hydrogens is 192 g/mol. The average molecular weight is 208 g/mol. The largest absolute Gasteiger partial charge is 0.377 e. The second kappa shape index (κ2) is 4.29. The van der Waals surface area contributed by atoms with Crippen LogP contribution in [0.25, 0.3) is 0 Å². The third-order valence-corrected chi connectivity index (χ3v) is 3.18. The summed E-state index contributed by atoms with van der Waals surface area (Å²) in [7, 11) is 3.41. The monoisotopic (exact) mass is 208 g/mol. The molecule has 2 aliphatic carbocycles. The lowest BCUT2D eigenvalue weighted by molar-refractivity contribution is -0.114. The Hall–Kier alpha value is -0.930. The van der Waals surface area contributed by atoms with Gasteiger partial charge in [-0.1, -0.05) is 6.08 Å². The van der Waals surface area contributed by atoms with Crippen LogP contribution in [0.4, 0.5) is 0 Å². The number of hydrogen-bond donors (Lipinski definition) is 0. The zero-order chi connectivity index (χ0) is 10.8. The van der Waals surface area contributed by atoms with Crippen molar-refractivity contribution in [1.82, 2.24) is 0 Å². The Balaban J connectivity index is 2.33. The van der Waals surface area contributed by atoms with Crippen molar-refractivity contribution in [3.05, 3.63) is 23.3 Å². The number of carbonyl (C=O) groups is 1. The molecule has 0 aliphatic heterocycles. The third-order valence-electron chi connectivity index (χ3n) is 3.18. The van der Waals surface area contributed by atoms with Gasteiger partial charge in [0.15, 0.2) is 5.78 Å². The van der Waals surface area contributed by atoms with Crippen LogP contribution in [0.15, 0.2) is 23.3 Å². The van der Waals surface area contributed by atoms with Gasteiger partial charge in [0, 0.05) is 20.6 Å². The van der Waals surface area contributed by atoms with E-state index in [-0.39, 0.29) is 18.0 Å². The maximum atomic E-state index is 11.4. The molecule has 2 unspecified atom stereocenters. The lowest BCUT2D eigenvalue weighted by Gasteiger charge is -2.32. The first-order valence-corrected chi connectivity index (χ1v) is 5.25. The van der Waals surface area contributed by atoms with Gasteiger partial charge in [-0.2, -0.15) is 0 Å². The number of allylic oxidation sites excluding steroid dienone is 1. The van der Waals surface area contributed by atoms with Gasteiger partial charge in [-0.05, 0) is 30.1 Å². The van der Waals surface area contributed by atoms with Crippen LogP contribution in [0.5, 0.6) is 0 Å². The lowest BCUT2D eigenvalue weighted by atomic mass is 9.81. The molecule has 82 valence electrons. The summed E-state index contributed by atoms with van der Waals surface area (Å²) in [5.74, 6) is 0.160. The summed E-state index contributed by atoms with van der Waals surface area (Å²) in [6.07, 6.45) is 6.16. The van der Waals surface area contributed by atoms with E-state index in [9.17, 15) is 4.79 Å². The predicted octanol–water partition coefficient (Wildman–Crippen LogP) is 1.64. The summed E-state index contributed by atoms with van der Waals surface area (Å²) >= 11 is 0. The molecule has 0 fully saturated rings. The van der Waals surface area contributed by atoms with Crippen molar-refractivity contribution in [3.8, 4) is 0 Å². The minimum Gasteiger partial charge on any atom is -0.377 e. The van der Waals surface area contributed by atoms with Crippen molar-refractivity contribution in [3.63, 3.8) is 0 Å². The van der Waals surface area contributed by atoms with E-state index in [2.05, 4.69) is 0 Å². The fourth-order valence-electron chi connectivity index (χ4n) is 2.39. The zero-order valence-corrected chi connectivity index (χ0v) is 9.16. The number of carbonyl (C=O) groups excluding carboxylic acids is 1. The van der Waals surface area contributed by atoms with E-state index < -0.39 is 0 Å². The maximum Gasteiger partial charge on any atom is 0.159 e. The molecule has 15 heavy (non-hydrogen) atoms. The first kappa shape index (κ1) is 10.6. The fraction of sp³-hybridized carbons (Fsp3) is 0.583. The van der Waals surface area contributed by atoms with E-state index in [1.165, 1.54) is 0 Å². The highest BCUT2D eigenvalue weighted by Gasteiger charge is 2.31. The molecule has 0 saturated heterocycles. The van der Waals surface area contributed by atoms with E-state index in [1.807, 2.05) is 6.08 Å². The summed E-state index contributed by atoms with van der Waals surface area (Å²) in [6, 6.07) is 0. The van der Waals surface area contributed by atoms with Gasteiger partial charge in [-0.15, -0.1) is 0 Å². The fourth-order valence-corrected chi connectivity index (χ4v) is 2.39. The van der Waals surface area contributed by atoms with Crippen molar-refractivity contribution in [2.45, 2.75) is 31.5 Å². The number of rotatable bonds is 2. The van der Waals surface area contributed by atoms with Gasteiger partial charge >= 0.3 is 0 Å². The molecule has 0 amide bonds. The van der Waals surface area contributed by atoms with Crippen LogP contribution < -0.4 is 0 Å². The highest BCUT2D eigenvalue weighted by Crippen LogP contribution is 2.34. The first-order valence-electron chi connectivity index (χ1n) is 5.25. The molecule has 0 aromatic rings. The van der Waals surface area contributed by atoms with E-state index in [0.717, 1.165) is 24.0 Å². The summed E-state index contributed by atoms with van der Waals surface area (Å²) < 4.78 is 10.8. The molecule has 0 heterocycles. The normalized spacial score (nSPS) is 30.7. The van der Waals surface area contributed by atoms with Gasteiger partial charge in [0.05, 0.1) is 12.2 Å². The Morgan fingerprint density at radius 3 is 2.47 bits per heavy atom. The molecule has 0 radical (unpaired) electrons. The topological polar surface area (TPSA) is 35.5 Å². The molecule has 3 heteroatoms. The Morgan fingerprint density at radius 1 is 1.13 bits per heavy atom. The highest BCUT2D eigenvalue weighted by molar-refractivity contribution is 5.94. The van der Waals surface area contributed by atoms with Gasteiger partial charge in [0.25, 0.3) is 0 Å². The molecule has 2 rings (SSSR count). The van der Waals surface area contributed by atoms with E-state index >= 15 is 0 Å². The van der Waals surface area contributed by atoms with Crippen molar-refractivity contribution >= 4 is 5.78 Å². The number of ether oxygens (including phenoxy) is 2. The Labute approximate surface area is 89.8 Å². The second-order valence-corrected chi connectivity index (χ2v) is 3.98. The van der Waals surface area contributed by atoms with Crippen molar-refractivity contribution in [2.75, 3.05) is 14.2 Å². The minimum absolute atomic E-state index is 0.0975. The average Bonchev–Trinajstić information content (AvgIpc) is 2.27. The third kappa shape index (κ3) is 1.90. The van der Waals surface area contributed by atoms with Crippen LogP contribution in [0.3, 0.4) is 0 Å². The van der Waals surface area contributed by atoms with Crippen LogP contribution >= 0.6 is 0 Å². The van der Waals surface area contributed by atoms with Gasteiger partial charge < -0.3 is 9.47 Å². The van der Waals surface area contributed by atoms with Gasteiger partial charge in [-0.3, -0.25) is 4.79 Å². The first-order chi connectivity index (χ1) is 7.26. The zero-order valence-electron chi connectivity index (χ0n) is 9.16. The highest BCUT2D eigenvalue weighted by atomic mass is 16.5. The molecular formula is C12H16O3. The molecule has 0 aromatic carbocycles. The Bertz CT molecular complexity index is 328. The predicted molar refractivity (Wildman–Crippen MR) is 56.6 cm³/mol. The van der Waals surface area contributed by atoms with Gasteiger partial charge in [0.1, 0.15) is 0 Å². The Morgan fingerprint density at radius 2 is 1.80 bits per heavy atom. The number of hydrogen-bond acceptors (Lipinski definition) is 3. The molecule has 0 saturated carbocycles. The van der Waals surface area contributed by atoms with Gasteiger partial charge in [0.2, 0.25) is 0 Å². The van der Waals surface area contributed by atoms with E-state index in [1.54, 1.807) is 20.3 Å². The SMILES string of the molecule is COC1CCC(OC)C2=C1C=CC(=O)C2. The number of ketones is 1. The van der Waals surface area contributed by atoms with Crippen molar-refractivity contribution in [1.29, 1.82) is 0 Å². The number of methoxy groups -OCH3 is 2. The van der Waals surface area contributed by atoms with Crippen LogP contribution in [-0.2, 0) is 14.3 Å². The van der Waals surface area contributed by atoms with Crippen LogP contribution in [-0.4, -0.2) is 32.2 Å². The van der Waals surface area contributed by atoms with Crippen LogP contribution in [0, 0.1) is 0 Å². The van der Waals surface area contributed by atoms with Crippen molar-refractivity contribution < 1.29 is 14.3 Å². The second-order valence-electron chi connectivity index (χ2n) is 3.98. The van der Waals surface area contributed by atoms with Crippen LogP contribution in [0.1, 0.15) is 19.3 Å². The summed E-state index contributed by atoms with van der Waals surface area (Å²) in [4.78, 5) is 11.4. The molecule has 0 aromatic heterocycles. The summed E-state index contributed by atoms with van der Waals surface area (Å²) in [5, 5.41) is 0. The molecule has 2 aliphatic rings. The van der Waals surface area contributed by atoms with E-state index in [0.29, 0.717) is 6.42 Å². The summed E-state index contributed by atoms with van der Waals surface area (Å²) in [6.45, 7) is 0. The molecule has 3 nitrogen and oxygen atoms in total. The molecule has 0 spiro atoms. The smallest absolute Gasteiger partial charge is 0.159 e. The summed E-state index contributed by atoms with van der Waals surface area (Å²) in [5.41, 5.74) is 2.26. The van der Waals surface area contributed by atoms with Gasteiger partial charge in [-0.25, -0.2) is 0 Å². The van der Waals surface area contributed by atoms with E-state index in [4.69, 9.17) is 9.47 Å². The molecule has 2 atom stereocenters. The Kier molecular flexibility index (Phi) is 3.03. The van der Waals surface area contributed by atoms with Crippen molar-refractivity contribution in [2.24, 2.45) is 0 Å². The quantitative estimate of drug-likeness (QED) is 0.692. The van der Waals surface area contributed by atoms with Crippen LogP contribution in [0.2, 0.25) is 0 Å². The maximum absolute atomic E-state index is 11.4. The molecule has 0 N–H and O–H groups in total. The lowest BCUT2D eigenvalue weighted by Crippen LogP contribution is -2.31. The minimum atomic E-state index is 0.0975.